The number of hydrogen-bond acceptors (Lipinski definition) is 5. The molecule has 0 aromatic carbocycles. The zero-order valence-electron chi connectivity index (χ0n) is 12.8. The van der Waals surface area contributed by atoms with E-state index in [2.05, 4.69) is 5.16 Å². The highest BCUT2D eigenvalue weighted by molar-refractivity contribution is 7.89. The minimum Gasteiger partial charge on any atom is -0.360 e. The van der Waals surface area contributed by atoms with Crippen LogP contribution in [-0.2, 0) is 10.0 Å². The van der Waals surface area contributed by atoms with Crippen LogP contribution in [0.3, 0.4) is 0 Å². The van der Waals surface area contributed by atoms with Gasteiger partial charge in [-0.15, -0.1) is 11.3 Å². The summed E-state index contributed by atoms with van der Waals surface area (Å²) < 4.78 is 33.1. The van der Waals surface area contributed by atoms with Gasteiger partial charge in [0.2, 0.25) is 10.0 Å². The van der Waals surface area contributed by atoms with E-state index in [-0.39, 0.29) is 10.9 Å². The van der Waals surface area contributed by atoms with Gasteiger partial charge < -0.3 is 4.52 Å². The first kappa shape index (κ1) is 15.7. The average molecular weight is 340 g/mol. The van der Waals surface area contributed by atoms with Gasteiger partial charge in [0.15, 0.2) is 5.76 Å². The molecular weight excluding hydrogens is 320 g/mol. The van der Waals surface area contributed by atoms with Crippen LogP contribution in [0.1, 0.15) is 48.1 Å². The minimum absolute atomic E-state index is 0.0822. The van der Waals surface area contributed by atoms with E-state index in [9.17, 15) is 8.42 Å². The second kappa shape index (κ2) is 6.14. The van der Waals surface area contributed by atoms with Crippen molar-refractivity contribution in [2.75, 3.05) is 6.54 Å². The average Bonchev–Trinajstić information content (AvgIpc) is 3.03. The molecule has 3 rings (SSSR count). The largest absolute Gasteiger partial charge is 0.360 e. The van der Waals surface area contributed by atoms with Crippen LogP contribution in [0, 0.1) is 13.8 Å². The molecule has 1 aliphatic rings. The molecule has 0 bridgehead atoms. The summed E-state index contributed by atoms with van der Waals surface area (Å²) in [5.74, 6) is 0.367. The monoisotopic (exact) mass is 340 g/mol. The Morgan fingerprint density at radius 3 is 2.77 bits per heavy atom. The predicted molar refractivity (Wildman–Crippen MR) is 85.4 cm³/mol. The van der Waals surface area contributed by atoms with Gasteiger partial charge in [-0.05, 0) is 38.1 Å². The Balaban J connectivity index is 2.06. The number of aromatic nitrogens is 1. The van der Waals surface area contributed by atoms with Gasteiger partial charge in [-0.3, -0.25) is 0 Å². The summed E-state index contributed by atoms with van der Waals surface area (Å²) in [6, 6.07) is 3.92. The molecule has 5 nitrogen and oxygen atoms in total. The number of thiophene rings is 1. The van der Waals surface area contributed by atoms with Gasteiger partial charge in [-0.1, -0.05) is 24.1 Å². The van der Waals surface area contributed by atoms with Crippen molar-refractivity contribution in [2.45, 2.75) is 50.5 Å². The summed E-state index contributed by atoms with van der Waals surface area (Å²) >= 11 is 1.62. The summed E-state index contributed by atoms with van der Waals surface area (Å²) in [7, 11) is -3.59. The molecule has 0 amide bonds. The Morgan fingerprint density at radius 1 is 1.32 bits per heavy atom. The Bertz CT molecular complexity index is 715. The molecule has 0 N–H and O–H groups in total. The van der Waals surface area contributed by atoms with Crippen LogP contribution in [-0.4, -0.2) is 24.4 Å². The van der Waals surface area contributed by atoms with Crippen LogP contribution in [0.2, 0.25) is 0 Å². The van der Waals surface area contributed by atoms with Crippen molar-refractivity contribution in [3.8, 4) is 0 Å². The summed E-state index contributed by atoms with van der Waals surface area (Å²) in [4.78, 5) is 1.34. The van der Waals surface area contributed by atoms with Crippen LogP contribution >= 0.6 is 11.3 Å². The van der Waals surface area contributed by atoms with Crippen molar-refractivity contribution in [2.24, 2.45) is 0 Å². The highest BCUT2D eigenvalue weighted by Gasteiger charge is 2.37. The number of aryl methyl sites for hydroxylation is 2. The molecule has 22 heavy (non-hydrogen) atoms. The molecule has 1 fully saturated rings. The highest BCUT2D eigenvalue weighted by atomic mass is 32.2. The number of rotatable bonds is 3. The third-order valence-electron chi connectivity index (χ3n) is 4.11. The van der Waals surface area contributed by atoms with Crippen LogP contribution in [0.5, 0.6) is 0 Å². The Morgan fingerprint density at radius 2 is 2.14 bits per heavy atom. The van der Waals surface area contributed by atoms with E-state index in [4.69, 9.17) is 4.52 Å². The maximum absolute atomic E-state index is 13.2. The maximum atomic E-state index is 13.2. The van der Waals surface area contributed by atoms with E-state index in [0.29, 0.717) is 18.0 Å². The number of nitrogens with zero attached hydrogens (tertiary/aromatic N) is 2. The zero-order valence-corrected chi connectivity index (χ0v) is 14.4. The van der Waals surface area contributed by atoms with Crippen molar-refractivity contribution in [1.29, 1.82) is 0 Å². The lowest BCUT2D eigenvalue weighted by atomic mass is 10.1. The first-order valence-electron chi connectivity index (χ1n) is 7.50. The van der Waals surface area contributed by atoms with Crippen molar-refractivity contribution >= 4 is 21.4 Å². The van der Waals surface area contributed by atoms with E-state index in [1.54, 1.807) is 29.5 Å². The van der Waals surface area contributed by atoms with Crippen LogP contribution in [0.4, 0.5) is 0 Å². The second-order valence-electron chi connectivity index (χ2n) is 5.65. The fraction of sp³-hybridized carbons (Fsp3) is 0.533. The SMILES string of the molecule is Cc1noc(C)c1S(=O)(=O)N1CCCCC[C@H]1c1cccs1. The maximum Gasteiger partial charge on any atom is 0.249 e. The van der Waals surface area contributed by atoms with Crippen molar-refractivity contribution in [1.82, 2.24) is 9.46 Å². The van der Waals surface area contributed by atoms with Gasteiger partial charge in [0.1, 0.15) is 10.6 Å². The van der Waals surface area contributed by atoms with Gasteiger partial charge in [0.25, 0.3) is 0 Å². The Hall–Kier alpha value is -1.18. The van der Waals surface area contributed by atoms with Crippen LogP contribution in [0.25, 0.3) is 0 Å². The van der Waals surface area contributed by atoms with E-state index >= 15 is 0 Å². The van der Waals surface area contributed by atoms with E-state index in [1.807, 2.05) is 17.5 Å². The van der Waals surface area contributed by atoms with Gasteiger partial charge in [-0.2, -0.15) is 4.31 Å². The lowest BCUT2D eigenvalue weighted by molar-refractivity contribution is 0.331. The molecule has 0 unspecified atom stereocenters. The quantitative estimate of drug-likeness (QED) is 0.855. The van der Waals surface area contributed by atoms with Crippen LogP contribution < -0.4 is 0 Å². The molecular formula is C15H20N2O3S2. The molecule has 0 aliphatic carbocycles. The summed E-state index contributed by atoms with van der Waals surface area (Å²) in [6.45, 7) is 3.89. The van der Waals surface area contributed by atoms with Gasteiger partial charge in [0.05, 0.1) is 6.04 Å². The van der Waals surface area contributed by atoms with E-state index in [1.165, 1.54) is 0 Å². The second-order valence-corrected chi connectivity index (χ2v) is 8.46. The number of sulfonamides is 1. The van der Waals surface area contributed by atoms with E-state index in [0.717, 1.165) is 30.6 Å². The minimum atomic E-state index is -3.59. The molecule has 7 heteroatoms. The molecule has 0 spiro atoms. The first-order valence-corrected chi connectivity index (χ1v) is 9.82. The summed E-state index contributed by atoms with van der Waals surface area (Å²) in [6.07, 6.45) is 3.87. The molecule has 0 saturated carbocycles. The molecule has 2 aromatic heterocycles. The lowest BCUT2D eigenvalue weighted by Gasteiger charge is -2.28. The smallest absolute Gasteiger partial charge is 0.249 e. The van der Waals surface area contributed by atoms with Crippen molar-refractivity contribution < 1.29 is 12.9 Å². The van der Waals surface area contributed by atoms with E-state index < -0.39 is 10.0 Å². The van der Waals surface area contributed by atoms with Crippen LogP contribution in [0.15, 0.2) is 26.9 Å². The highest BCUT2D eigenvalue weighted by Crippen LogP contribution is 2.37. The molecule has 2 aromatic rings. The first-order chi connectivity index (χ1) is 10.5. The summed E-state index contributed by atoms with van der Waals surface area (Å²) in [5, 5.41) is 5.81. The zero-order chi connectivity index (χ0) is 15.7. The standard InChI is InChI=1S/C15H20N2O3S2/c1-11-15(12(2)20-16-11)22(18,19)17-9-5-3-4-7-13(17)14-8-6-10-21-14/h6,8,10,13H,3-5,7,9H2,1-2H3/t13-/m0/s1. The molecule has 1 atom stereocenters. The lowest BCUT2D eigenvalue weighted by Crippen LogP contribution is -2.35. The molecule has 3 heterocycles. The predicted octanol–water partition coefficient (Wildman–Crippen LogP) is 3.66. The van der Waals surface area contributed by atoms with Gasteiger partial charge in [-0.25, -0.2) is 8.42 Å². The fourth-order valence-corrected chi connectivity index (χ4v) is 6.00. The van der Waals surface area contributed by atoms with Gasteiger partial charge >= 0.3 is 0 Å². The van der Waals surface area contributed by atoms with Crippen molar-refractivity contribution in [3.63, 3.8) is 0 Å². The topological polar surface area (TPSA) is 63.4 Å². The third-order valence-corrected chi connectivity index (χ3v) is 7.24. The molecule has 120 valence electrons. The molecule has 1 aliphatic heterocycles. The van der Waals surface area contributed by atoms with Gasteiger partial charge in [0, 0.05) is 11.4 Å². The molecule has 1 saturated heterocycles. The Kier molecular flexibility index (Phi) is 4.38. The third kappa shape index (κ3) is 2.73. The summed E-state index contributed by atoms with van der Waals surface area (Å²) in [5.41, 5.74) is 0.437. The number of hydrogen-bond donors (Lipinski definition) is 0. The van der Waals surface area contributed by atoms with Crippen molar-refractivity contribution in [3.05, 3.63) is 33.8 Å². The Labute approximate surface area is 135 Å². The normalized spacial score (nSPS) is 20.9. The molecule has 0 radical (unpaired) electrons. The fourth-order valence-electron chi connectivity index (χ4n) is 3.09.